The van der Waals surface area contributed by atoms with Crippen LogP contribution >= 0.6 is 23.2 Å². The molecule has 1 saturated carbocycles. The molecule has 2 aromatic rings. The molecule has 35 heavy (non-hydrogen) atoms. The third kappa shape index (κ3) is 9.72. The molecule has 9 heteroatoms. The highest BCUT2D eigenvalue weighted by atomic mass is 35.5. The smallest absolute Gasteiger partial charge is 0.258 e. The normalized spacial score (nSPS) is 18.2. The molecule has 1 saturated heterocycles. The number of carbonyl (C=O) groups excluding carboxylic acids is 3. The number of amides is 3. The molecule has 2 aliphatic rings. The van der Waals surface area contributed by atoms with Crippen LogP contribution in [0.15, 0.2) is 61.2 Å². The molecule has 3 amide bonds. The highest BCUT2D eigenvalue weighted by molar-refractivity contribution is 6.30. The second-order valence-corrected chi connectivity index (χ2v) is 8.88. The Morgan fingerprint density at radius 3 is 2.23 bits per heavy atom. The van der Waals surface area contributed by atoms with E-state index in [1.54, 1.807) is 48.5 Å². The number of nitrogens with zero attached hydrogens (tertiary/aromatic N) is 1. The fourth-order valence-electron chi connectivity index (χ4n) is 3.17. The predicted molar refractivity (Wildman–Crippen MR) is 138 cm³/mol. The van der Waals surface area contributed by atoms with E-state index in [2.05, 4.69) is 17.4 Å². The van der Waals surface area contributed by atoms with Gasteiger partial charge in [0.2, 0.25) is 11.8 Å². The van der Waals surface area contributed by atoms with Gasteiger partial charge in [0.1, 0.15) is 19.3 Å². The third-order valence-corrected chi connectivity index (χ3v) is 5.25. The zero-order valence-corrected chi connectivity index (χ0v) is 21.4. The average Bonchev–Trinajstić information content (AvgIpc) is 3.70. The van der Waals surface area contributed by atoms with E-state index in [4.69, 9.17) is 27.9 Å². The Morgan fingerprint density at radius 1 is 1.06 bits per heavy atom. The van der Waals surface area contributed by atoms with Crippen molar-refractivity contribution in [1.29, 1.82) is 0 Å². The van der Waals surface area contributed by atoms with E-state index in [0.29, 0.717) is 10.0 Å². The van der Waals surface area contributed by atoms with E-state index in [0.717, 1.165) is 11.1 Å². The van der Waals surface area contributed by atoms with Crippen molar-refractivity contribution in [1.82, 2.24) is 15.8 Å². The van der Waals surface area contributed by atoms with Gasteiger partial charge < -0.3 is 9.64 Å². The van der Waals surface area contributed by atoms with Gasteiger partial charge in [-0.25, -0.2) is 0 Å². The van der Waals surface area contributed by atoms with E-state index in [1.807, 2.05) is 13.0 Å². The van der Waals surface area contributed by atoms with Gasteiger partial charge in [0.25, 0.3) is 5.91 Å². The van der Waals surface area contributed by atoms with Crippen LogP contribution in [0.5, 0.6) is 0 Å². The van der Waals surface area contributed by atoms with Gasteiger partial charge in [-0.2, -0.15) is 0 Å². The van der Waals surface area contributed by atoms with E-state index >= 15 is 0 Å². The molecule has 2 N–H and O–H groups in total. The van der Waals surface area contributed by atoms with Crippen LogP contribution in [0.4, 0.5) is 0 Å². The van der Waals surface area contributed by atoms with Gasteiger partial charge >= 0.3 is 0 Å². The van der Waals surface area contributed by atoms with Gasteiger partial charge in [-0.1, -0.05) is 72.8 Å². The summed E-state index contributed by atoms with van der Waals surface area (Å²) in [5.74, 6) is -1.29. The van der Waals surface area contributed by atoms with Crippen molar-refractivity contribution >= 4 is 40.9 Å². The summed E-state index contributed by atoms with van der Waals surface area (Å²) in [6, 6.07) is 13.6. The number of halogens is 2. The number of hydrazine groups is 1. The van der Waals surface area contributed by atoms with E-state index in [1.165, 1.54) is 31.1 Å². The number of nitrogens with one attached hydrogen (secondary N) is 2. The summed E-state index contributed by atoms with van der Waals surface area (Å²) in [5, 5.41) is 1.08. The fourth-order valence-corrected chi connectivity index (χ4v) is 3.49. The topological polar surface area (TPSA) is 87.7 Å². The molecule has 0 bridgehead atoms. The second-order valence-electron chi connectivity index (χ2n) is 8.00. The van der Waals surface area contributed by atoms with Crippen molar-refractivity contribution in [3.8, 4) is 0 Å². The molecule has 188 valence electrons. The molecule has 0 radical (unpaired) electrons. The number of ether oxygens (including phenoxy) is 1. The standard InChI is InChI=1S/C20H19Cl2N3O4.2C3H6/c1-12(26)23-24-17(27)10-25-18(28)11-29-20(14-3-2-4-16(22)9-14)19(25)13-5-7-15(21)8-6-13;1-2-3-1;1-3-2/h2-9,19-20H,10-11H2,1H3,(H,23,26)(H,24,27);1-3H2;3H,1H2,2H3. The lowest BCUT2D eigenvalue weighted by Crippen LogP contribution is -2.52. The zero-order valence-electron chi connectivity index (χ0n) is 19.9. The van der Waals surface area contributed by atoms with Crippen LogP contribution in [0.2, 0.25) is 10.0 Å². The van der Waals surface area contributed by atoms with Crippen LogP contribution in [-0.2, 0) is 19.1 Å². The van der Waals surface area contributed by atoms with Gasteiger partial charge in [-0.05, 0) is 42.3 Å². The maximum absolute atomic E-state index is 12.6. The summed E-state index contributed by atoms with van der Waals surface area (Å²) in [7, 11) is 0. The molecular weight excluding hydrogens is 489 g/mol. The fraction of sp³-hybridized carbons (Fsp3) is 0.346. The summed E-state index contributed by atoms with van der Waals surface area (Å²) < 4.78 is 5.85. The minimum Gasteiger partial charge on any atom is -0.361 e. The molecule has 0 spiro atoms. The monoisotopic (exact) mass is 519 g/mol. The van der Waals surface area contributed by atoms with Crippen LogP contribution in [0, 0.1) is 0 Å². The molecule has 2 unspecified atom stereocenters. The number of hydrogen-bond acceptors (Lipinski definition) is 4. The van der Waals surface area contributed by atoms with Gasteiger partial charge in [0, 0.05) is 17.0 Å². The minimum absolute atomic E-state index is 0.186. The first-order valence-electron chi connectivity index (χ1n) is 11.3. The Kier molecular flexibility index (Phi) is 11.8. The molecule has 1 aliphatic carbocycles. The molecule has 2 atom stereocenters. The lowest BCUT2D eigenvalue weighted by atomic mass is 9.92. The van der Waals surface area contributed by atoms with Gasteiger partial charge in [-0.15, -0.1) is 6.58 Å². The van der Waals surface area contributed by atoms with Crippen LogP contribution in [0.1, 0.15) is 56.4 Å². The van der Waals surface area contributed by atoms with Crippen molar-refractivity contribution in [2.45, 2.75) is 45.3 Å². The van der Waals surface area contributed by atoms with E-state index in [9.17, 15) is 14.4 Å². The number of benzene rings is 2. The third-order valence-electron chi connectivity index (χ3n) is 4.76. The number of rotatable bonds is 4. The summed E-state index contributed by atoms with van der Waals surface area (Å²) >= 11 is 12.2. The zero-order chi connectivity index (χ0) is 25.8. The van der Waals surface area contributed by atoms with Crippen molar-refractivity contribution in [3.63, 3.8) is 0 Å². The van der Waals surface area contributed by atoms with Crippen molar-refractivity contribution in [2.75, 3.05) is 13.2 Å². The van der Waals surface area contributed by atoms with Crippen LogP contribution < -0.4 is 10.9 Å². The molecule has 1 aliphatic heterocycles. The van der Waals surface area contributed by atoms with Gasteiger partial charge in [0.05, 0.1) is 6.04 Å². The number of hydrogen-bond donors (Lipinski definition) is 2. The maximum atomic E-state index is 12.6. The Labute approximate surface area is 216 Å². The number of carbonyl (C=O) groups is 3. The average molecular weight is 520 g/mol. The molecule has 4 rings (SSSR count). The maximum Gasteiger partial charge on any atom is 0.258 e. The lowest BCUT2D eigenvalue weighted by molar-refractivity contribution is -0.161. The van der Waals surface area contributed by atoms with Crippen LogP contribution in [-0.4, -0.2) is 35.8 Å². The molecule has 2 aromatic carbocycles. The minimum atomic E-state index is -0.588. The predicted octanol–water partition coefficient (Wildman–Crippen LogP) is 5.16. The molecular formula is C26H31Cl2N3O4. The van der Waals surface area contributed by atoms with Gasteiger partial charge in [0.15, 0.2) is 0 Å². The van der Waals surface area contributed by atoms with Crippen molar-refractivity contribution in [2.24, 2.45) is 0 Å². The Hall–Kier alpha value is -2.87. The van der Waals surface area contributed by atoms with Crippen LogP contribution in [0.3, 0.4) is 0 Å². The second kappa shape index (κ2) is 14.5. The van der Waals surface area contributed by atoms with E-state index in [-0.39, 0.29) is 19.1 Å². The van der Waals surface area contributed by atoms with E-state index < -0.39 is 24.0 Å². The van der Waals surface area contributed by atoms with Crippen LogP contribution in [0.25, 0.3) is 0 Å². The summed E-state index contributed by atoms with van der Waals surface area (Å²) in [4.78, 5) is 37.4. The molecule has 1 heterocycles. The first-order chi connectivity index (χ1) is 16.8. The van der Waals surface area contributed by atoms with Crippen molar-refractivity contribution < 1.29 is 19.1 Å². The Morgan fingerprint density at radius 2 is 1.69 bits per heavy atom. The highest BCUT2D eigenvalue weighted by Gasteiger charge is 2.39. The summed E-state index contributed by atoms with van der Waals surface area (Å²) in [6.45, 7) is 6.08. The number of morpholine rings is 1. The van der Waals surface area contributed by atoms with Crippen molar-refractivity contribution in [3.05, 3.63) is 82.4 Å². The largest absolute Gasteiger partial charge is 0.361 e. The highest BCUT2D eigenvalue weighted by Crippen LogP contribution is 2.40. The first-order valence-corrected chi connectivity index (χ1v) is 12.1. The summed E-state index contributed by atoms with van der Waals surface area (Å²) in [6.07, 6.45) is 5.71. The van der Waals surface area contributed by atoms with Gasteiger partial charge in [-0.3, -0.25) is 25.2 Å². The summed E-state index contributed by atoms with van der Waals surface area (Å²) in [5.41, 5.74) is 6.02. The lowest BCUT2D eigenvalue weighted by Gasteiger charge is -2.41. The Balaban J connectivity index is 0.000000639. The molecule has 2 fully saturated rings. The quantitative estimate of drug-likeness (QED) is 0.431. The first kappa shape index (κ1) is 28.4. The Bertz CT molecular complexity index is 1010. The SMILES string of the molecule is C1CC1.C=CC.CC(=O)NNC(=O)CN1C(=O)COC(c2cccc(Cl)c2)C1c1ccc(Cl)cc1. The number of allylic oxidation sites excluding steroid dienone is 1. The molecule has 7 nitrogen and oxygen atoms in total. The molecule has 0 aromatic heterocycles.